The smallest absolute Gasteiger partial charge is 0.350 e. The monoisotopic (exact) mass is 247 g/mol. The van der Waals surface area contributed by atoms with Crippen molar-refractivity contribution in [2.45, 2.75) is 5.37 Å². The largest absolute Gasteiger partial charge is 0.512 e. The van der Waals surface area contributed by atoms with Crippen molar-refractivity contribution in [1.82, 2.24) is 9.55 Å². The van der Waals surface area contributed by atoms with Crippen LogP contribution >= 0.6 is 12.6 Å². The van der Waals surface area contributed by atoms with Crippen LogP contribution < -0.4 is 11.4 Å². The summed E-state index contributed by atoms with van der Waals surface area (Å²) in [6.45, 7) is -0.0366. The normalized spacial score (nSPS) is 12.9. The Balaban J connectivity index is 2.87. The molecule has 0 aliphatic heterocycles. The first-order valence-corrected chi connectivity index (χ1v) is 4.71. The molecule has 1 aromatic heterocycles. The van der Waals surface area contributed by atoms with E-state index < -0.39 is 22.7 Å². The molecule has 0 saturated carbocycles. The van der Waals surface area contributed by atoms with Crippen LogP contribution in [0, 0.1) is 5.82 Å². The minimum atomic E-state index is -0.809. The van der Waals surface area contributed by atoms with Gasteiger partial charge in [-0.1, -0.05) is 0 Å². The SMILES string of the molecule is Nc1nc(=O)n(C(S)CO/C=C/O)cc1F. The molecule has 1 unspecified atom stereocenters. The second-order valence-electron chi connectivity index (χ2n) is 2.76. The first-order valence-electron chi connectivity index (χ1n) is 4.19. The van der Waals surface area contributed by atoms with Crippen molar-refractivity contribution in [2.24, 2.45) is 0 Å². The first kappa shape index (κ1) is 12.4. The van der Waals surface area contributed by atoms with Crippen molar-refractivity contribution >= 4 is 18.4 Å². The fraction of sp³-hybridized carbons (Fsp3) is 0.250. The van der Waals surface area contributed by atoms with Crippen LogP contribution in [0.3, 0.4) is 0 Å². The Morgan fingerprint density at radius 3 is 3.12 bits per heavy atom. The zero-order valence-corrected chi connectivity index (χ0v) is 8.97. The van der Waals surface area contributed by atoms with Crippen molar-refractivity contribution in [3.05, 3.63) is 35.0 Å². The zero-order valence-electron chi connectivity index (χ0n) is 8.08. The molecule has 1 atom stereocenters. The van der Waals surface area contributed by atoms with Crippen LogP contribution in [0.2, 0.25) is 0 Å². The van der Waals surface area contributed by atoms with Crippen LogP contribution in [0.15, 0.2) is 23.5 Å². The van der Waals surface area contributed by atoms with E-state index in [1.54, 1.807) is 0 Å². The van der Waals surface area contributed by atoms with Gasteiger partial charge in [-0.25, -0.2) is 9.18 Å². The molecule has 1 aromatic rings. The number of nitrogens with two attached hydrogens (primary N) is 1. The Labute approximate surface area is 95.6 Å². The number of halogens is 1. The van der Waals surface area contributed by atoms with Crippen molar-refractivity contribution in [1.29, 1.82) is 0 Å². The number of ether oxygens (including phenoxy) is 1. The average Bonchev–Trinajstić information content (AvgIpc) is 2.23. The third-order valence-corrected chi connectivity index (χ3v) is 2.06. The highest BCUT2D eigenvalue weighted by Gasteiger charge is 2.11. The van der Waals surface area contributed by atoms with E-state index >= 15 is 0 Å². The van der Waals surface area contributed by atoms with Crippen molar-refractivity contribution in [3.8, 4) is 0 Å². The third-order valence-electron chi connectivity index (χ3n) is 1.66. The van der Waals surface area contributed by atoms with Gasteiger partial charge in [-0.3, -0.25) is 4.57 Å². The number of aliphatic hydroxyl groups is 1. The molecular weight excluding hydrogens is 237 g/mol. The molecule has 0 saturated heterocycles. The minimum absolute atomic E-state index is 0.0366. The van der Waals surface area contributed by atoms with Gasteiger partial charge in [0.05, 0.1) is 0 Å². The van der Waals surface area contributed by atoms with Gasteiger partial charge < -0.3 is 15.6 Å². The average molecular weight is 247 g/mol. The number of aromatic nitrogens is 2. The Morgan fingerprint density at radius 1 is 1.81 bits per heavy atom. The van der Waals surface area contributed by atoms with Gasteiger partial charge in [0.15, 0.2) is 11.6 Å². The second-order valence-corrected chi connectivity index (χ2v) is 3.36. The molecular formula is C8H10FN3O3S. The predicted octanol–water partition coefficient (Wildman–Crippen LogP) is 0.439. The summed E-state index contributed by atoms with van der Waals surface area (Å²) in [5, 5.41) is 7.57. The molecule has 0 spiro atoms. The maximum absolute atomic E-state index is 13.0. The van der Waals surface area contributed by atoms with Gasteiger partial charge in [0.1, 0.15) is 24.5 Å². The standard InChI is InChI=1S/C8H10FN3O3S/c9-5-3-12(8(14)11-7(5)10)6(16)4-15-2-1-13/h1-3,6,13,16H,4H2,(H2,10,11,14)/b2-1+. The highest BCUT2D eigenvalue weighted by Crippen LogP contribution is 2.11. The Hall–Kier alpha value is -1.70. The van der Waals surface area contributed by atoms with E-state index in [0.29, 0.717) is 6.26 Å². The third kappa shape index (κ3) is 2.89. The topological polar surface area (TPSA) is 90.4 Å². The molecule has 88 valence electrons. The lowest BCUT2D eigenvalue weighted by molar-refractivity contribution is 0.220. The van der Waals surface area contributed by atoms with Crippen LogP contribution in [-0.2, 0) is 4.74 Å². The molecule has 0 amide bonds. The maximum atomic E-state index is 13.0. The number of nitrogens with zero attached hydrogens (tertiary/aromatic N) is 2. The summed E-state index contributed by atoms with van der Waals surface area (Å²) >= 11 is 4.02. The lowest BCUT2D eigenvalue weighted by Gasteiger charge is -2.13. The van der Waals surface area contributed by atoms with Gasteiger partial charge in [0.2, 0.25) is 0 Å². The highest BCUT2D eigenvalue weighted by molar-refractivity contribution is 7.80. The summed E-state index contributed by atoms with van der Waals surface area (Å²) in [6.07, 6.45) is 2.59. The quantitative estimate of drug-likeness (QED) is 0.530. The molecule has 1 heterocycles. The second kappa shape index (κ2) is 5.40. The number of hydrogen-bond donors (Lipinski definition) is 3. The number of anilines is 1. The summed E-state index contributed by atoms with van der Waals surface area (Å²) in [4.78, 5) is 14.6. The Kier molecular flexibility index (Phi) is 4.18. The van der Waals surface area contributed by atoms with E-state index in [1.165, 1.54) is 0 Å². The Morgan fingerprint density at radius 2 is 2.50 bits per heavy atom. The molecule has 6 nitrogen and oxygen atoms in total. The number of rotatable bonds is 4. The summed E-state index contributed by atoms with van der Waals surface area (Å²) in [5.74, 6) is -1.27. The van der Waals surface area contributed by atoms with Crippen molar-refractivity contribution in [2.75, 3.05) is 12.3 Å². The van der Waals surface area contributed by atoms with Crippen LogP contribution in [0.25, 0.3) is 0 Å². The lowest BCUT2D eigenvalue weighted by atomic mass is 10.5. The van der Waals surface area contributed by atoms with Gasteiger partial charge in [-0.15, -0.1) is 0 Å². The maximum Gasteiger partial charge on any atom is 0.350 e. The predicted molar refractivity (Wildman–Crippen MR) is 58.6 cm³/mol. The molecule has 0 aliphatic rings. The fourth-order valence-corrected chi connectivity index (χ4v) is 1.19. The summed E-state index contributed by atoms with van der Waals surface area (Å²) in [5.41, 5.74) is 4.39. The molecule has 0 radical (unpaired) electrons. The number of thiol groups is 1. The van der Waals surface area contributed by atoms with E-state index in [9.17, 15) is 9.18 Å². The molecule has 3 N–H and O–H groups in total. The van der Waals surface area contributed by atoms with E-state index in [-0.39, 0.29) is 6.61 Å². The zero-order chi connectivity index (χ0) is 12.1. The van der Waals surface area contributed by atoms with Gasteiger partial charge in [0, 0.05) is 6.20 Å². The van der Waals surface area contributed by atoms with Gasteiger partial charge in [-0.05, 0) is 0 Å². The number of nitrogen functional groups attached to an aromatic ring is 1. The van der Waals surface area contributed by atoms with E-state index in [4.69, 9.17) is 15.6 Å². The molecule has 0 aliphatic carbocycles. The lowest BCUT2D eigenvalue weighted by Crippen LogP contribution is -2.28. The number of aliphatic hydroxyl groups excluding tert-OH is 1. The summed E-state index contributed by atoms with van der Waals surface area (Å²) in [7, 11) is 0. The fourth-order valence-electron chi connectivity index (χ4n) is 0.936. The van der Waals surface area contributed by atoms with Gasteiger partial charge in [-0.2, -0.15) is 17.6 Å². The molecule has 0 bridgehead atoms. The molecule has 1 rings (SSSR count). The van der Waals surface area contributed by atoms with Crippen LogP contribution in [0.5, 0.6) is 0 Å². The highest BCUT2D eigenvalue weighted by atomic mass is 32.1. The van der Waals surface area contributed by atoms with Crippen molar-refractivity contribution < 1.29 is 14.2 Å². The minimum Gasteiger partial charge on any atom is -0.512 e. The molecule has 0 aromatic carbocycles. The molecule has 16 heavy (non-hydrogen) atoms. The Bertz CT molecular complexity index is 449. The van der Waals surface area contributed by atoms with Crippen molar-refractivity contribution in [3.63, 3.8) is 0 Å². The van der Waals surface area contributed by atoms with Crippen LogP contribution in [-0.4, -0.2) is 21.3 Å². The summed E-state index contributed by atoms with van der Waals surface area (Å²) in [6, 6.07) is 0. The molecule has 8 heteroatoms. The van der Waals surface area contributed by atoms with E-state index in [1.807, 2.05) is 0 Å². The van der Waals surface area contributed by atoms with E-state index in [0.717, 1.165) is 17.0 Å². The van der Waals surface area contributed by atoms with Gasteiger partial charge in [0.25, 0.3) is 0 Å². The van der Waals surface area contributed by atoms with Crippen LogP contribution in [0.4, 0.5) is 10.2 Å². The van der Waals surface area contributed by atoms with Gasteiger partial charge >= 0.3 is 5.69 Å². The van der Waals surface area contributed by atoms with E-state index in [2.05, 4.69) is 17.6 Å². The van der Waals surface area contributed by atoms with Crippen LogP contribution in [0.1, 0.15) is 5.37 Å². The molecule has 0 fully saturated rings. The number of hydrogen-bond acceptors (Lipinski definition) is 6. The summed E-state index contributed by atoms with van der Waals surface area (Å²) < 4.78 is 18.7. The first-order chi connectivity index (χ1) is 7.56.